The van der Waals surface area contributed by atoms with Crippen molar-refractivity contribution in [2.24, 2.45) is 17.6 Å². The van der Waals surface area contributed by atoms with Crippen molar-refractivity contribution < 1.29 is 9.32 Å². The molecular weight excluding hydrogens is 346 g/mol. The highest BCUT2D eigenvalue weighted by atomic mass is 35.5. The topological polar surface area (TPSA) is 81.1 Å². The van der Waals surface area contributed by atoms with E-state index in [1.165, 1.54) is 6.42 Å². The first-order chi connectivity index (χ1) is 11.2. The number of nitrogens with zero attached hydrogens (tertiary/aromatic N) is 1. The van der Waals surface area contributed by atoms with Crippen molar-refractivity contribution in [1.29, 1.82) is 0 Å². The summed E-state index contributed by atoms with van der Waals surface area (Å²) in [4.78, 5) is 13.5. The largest absolute Gasteiger partial charge is 0.355 e. The fourth-order valence-electron chi connectivity index (χ4n) is 4.17. The molecule has 2 unspecified atom stereocenters. The van der Waals surface area contributed by atoms with E-state index in [-0.39, 0.29) is 30.4 Å². The Morgan fingerprint density at radius 2 is 2.08 bits per heavy atom. The normalized spacial score (nSPS) is 28.9. The minimum absolute atomic E-state index is 0. The van der Waals surface area contributed by atoms with Gasteiger partial charge in [0.05, 0.1) is 4.88 Å². The average Bonchev–Trinajstić information content (AvgIpc) is 3.19. The van der Waals surface area contributed by atoms with Gasteiger partial charge in [-0.15, -0.1) is 23.7 Å². The summed E-state index contributed by atoms with van der Waals surface area (Å²) < 4.78 is 5.31. The van der Waals surface area contributed by atoms with E-state index < -0.39 is 0 Å². The highest BCUT2D eigenvalue weighted by Gasteiger charge is 2.40. The third kappa shape index (κ3) is 3.36. The summed E-state index contributed by atoms with van der Waals surface area (Å²) in [6, 6.07) is 6.16. The van der Waals surface area contributed by atoms with E-state index in [0.29, 0.717) is 23.3 Å². The lowest BCUT2D eigenvalue weighted by Crippen LogP contribution is -2.53. The van der Waals surface area contributed by atoms with Gasteiger partial charge in [-0.1, -0.05) is 17.6 Å². The number of amides is 1. The molecular formula is C17H22ClN3O2S. The standard InChI is InChI=1S/C17H21N3O2S.ClH/c18-12-7-10-3-1-4-11(8-12)16(10)19-17(21)13-9-14(22-20-13)15-5-2-6-23-15;/h2,5-6,9-12,16H,1,3-4,7-8,18H2,(H,19,21);1H. The molecule has 0 spiro atoms. The Bertz CT molecular complexity index is 674. The van der Waals surface area contributed by atoms with Crippen molar-refractivity contribution in [1.82, 2.24) is 10.5 Å². The molecule has 4 rings (SSSR count). The first kappa shape index (κ1) is 17.5. The molecule has 2 heterocycles. The van der Waals surface area contributed by atoms with E-state index in [1.54, 1.807) is 17.4 Å². The maximum absolute atomic E-state index is 12.5. The predicted molar refractivity (Wildman–Crippen MR) is 96.4 cm³/mol. The van der Waals surface area contributed by atoms with Crippen LogP contribution in [-0.4, -0.2) is 23.1 Å². The van der Waals surface area contributed by atoms with Crippen LogP contribution >= 0.6 is 23.7 Å². The summed E-state index contributed by atoms with van der Waals surface area (Å²) in [5, 5.41) is 9.12. The maximum Gasteiger partial charge on any atom is 0.273 e. The summed E-state index contributed by atoms with van der Waals surface area (Å²) in [7, 11) is 0. The van der Waals surface area contributed by atoms with Gasteiger partial charge in [-0.25, -0.2) is 0 Å². The van der Waals surface area contributed by atoms with Crippen LogP contribution in [0.1, 0.15) is 42.6 Å². The van der Waals surface area contributed by atoms with Crippen LogP contribution in [0.15, 0.2) is 28.1 Å². The highest BCUT2D eigenvalue weighted by Crippen LogP contribution is 2.39. The van der Waals surface area contributed by atoms with Gasteiger partial charge >= 0.3 is 0 Å². The van der Waals surface area contributed by atoms with Crippen LogP contribution in [0.5, 0.6) is 0 Å². The molecule has 0 saturated heterocycles. The zero-order valence-electron chi connectivity index (χ0n) is 13.3. The maximum atomic E-state index is 12.5. The molecule has 2 aliphatic carbocycles. The van der Waals surface area contributed by atoms with E-state index in [1.807, 2.05) is 17.5 Å². The third-order valence-electron chi connectivity index (χ3n) is 5.18. The van der Waals surface area contributed by atoms with Crippen LogP contribution < -0.4 is 11.1 Å². The van der Waals surface area contributed by atoms with Crippen molar-refractivity contribution in [3.63, 3.8) is 0 Å². The molecule has 2 atom stereocenters. The summed E-state index contributed by atoms with van der Waals surface area (Å²) in [6.07, 6.45) is 5.60. The molecule has 130 valence electrons. The first-order valence-electron chi connectivity index (χ1n) is 8.28. The van der Waals surface area contributed by atoms with E-state index in [9.17, 15) is 4.79 Å². The third-order valence-corrected chi connectivity index (χ3v) is 6.07. The summed E-state index contributed by atoms with van der Waals surface area (Å²) in [5.74, 6) is 1.53. The number of carbonyl (C=O) groups excluding carboxylic acids is 1. The zero-order chi connectivity index (χ0) is 15.8. The quantitative estimate of drug-likeness (QED) is 0.870. The molecule has 24 heavy (non-hydrogen) atoms. The van der Waals surface area contributed by atoms with Crippen LogP contribution in [0.25, 0.3) is 10.6 Å². The molecule has 2 bridgehead atoms. The number of halogens is 1. The highest BCUT2D eigenvalue weighted by molar-refractivity contribution is 7.13. The Hall–Kier alpha value is -1.37. The Balaban J connectivity index is 0.00000169. The smallest absolute Gasteiger partial charge is 0.273 e. The molecule has 0 aliphatic heterocycles. The zero-order valence-corrected chi connectivity index (χ0v) is 14.9. The number of fused-ring (bicyclic) bond motifs is 2. The van der Waals surface area contributed by atoms with E-state index >= 15 is 0 Å². The number of rotatable bonds is 3. The van der Waals surface area contributed by atoms with Gasteiger partial charge in [-0.2, -0.15) is 0 Å². The fourth-order valence-corrected chi connectivity index (χ4v) is 4.84. The van der Waals surface area contributed by atoms with Gasteiger partial charge in [-0.3, -0.25) is 4.79 Å². The molecule has 1 amide bonds. The monoisotopic (exact) mass is 367 g/mol. The molecule has 2 aliphatic rings. The second kappa shape index (κ2) is 7.25. The number of nitrogens with two attached hydrogens (primary N) is 1. The summed E-state index contributed by atoms with van der Waals surface area (Å²) >= 11 is 1.57. The number of carbonyl (C=O) groups is 1. The minimum atomic E-state index is -0.131. The Labute approximate surface area is 151 Å². The van der Waals surface area contributed by atoms with Crippen LogP contribution in [0.3, 0.4) is 0 Å². The average molecular weight is 368 g/mol. The van der Waals surface area contributed by atoms with Crippen LogP contribution in [0, 0.1) is 11.8 Å². The predicted octanol–water partition coefficient (Wildman–Crippen LogP) is 3.46. The van der Waals surface area contributed by atoms with E-state index in [0.717, 1.165) is 30.6 Å². The van der Waals surface area contributed by atoms with E-state index in [4.69, 9.17) is 10.3 Å². The lowest BCUT2D eigenvalue weighted by molar-refractivity contribution is 0.0748. The van der Waals surface area contributed by atoms with Gasteiger partial charge in [0.1, 0.15) is 0 Å². The van der Waals surface area contributed by atoms with Gasteiger partial charge < -0.3 is 15.6 Å². The second-order valence-corrected chi connectivity index (χ2v) is 7.68. The van der Waals surface area contributed by atoms with Crippen molar-refractivity contribution >= 4 is 29.7 Å². The van der Waals surface area contributed by atoms with Crippen molar-refractivity contribution in [3.05, 3.63) is 29.3 Å². The van der Waals surface area contributed by atoms with Crippen LogP contribution in [0.2, 0.25) is 0 Å². The Kier molecular flexibility index (Phi) is 5.27. The van der Waals surface area contributed by atoms with Crippen molar-refractivity contribution in [2.75, 3.05) is 0 Å². The molecule has 2 saturated carbocycles. The molecule has 2 fully saturated rings. The van der Waals surface area contributed by atoms with Gasteiger partial charge in [0.15, 0.2) is 11.5 Å². The number of thiophene rings is 1. The Morgan fingerprint density at radius 1 is 1.33 bits per heavy atom. The van der Waals surface area contributed by atoms with Crippen LogP contribution in [0.4, 0.5) is 0 Å². The molecule has 5 nitrogen and oxygen atoms in total. The van der Waals surface area contributed by atoms with E-state index in [2.05, 4.69) is 10.5 Å². The molecule has 2 aromatic heterocycles. The molecule has 3 N–H and O–H groups in total. The number of aromatic nitrogens is 1. The molecule has 0 aromatic carbocycles. The summed E-state index contributed by atoms with van der Waals surface area (Å²) in [5.41, 5.74) is 6.51. The van der Waals surface area contributed by atoms with Crippen LogP contribution in [-0.2, 0) is 0 Å². The lowest BCUT2D eigenvalue weighted by Gasteiger charge is -2.45. The minimum Gasteiger partial charge on any atom is -0.355 e. The fraction of sp³-hybridized carbons (Fsp3) is 0.529. The van der Waals surface area contributed by atoms with Gasteiger partial charge in [0.25, 0.3) is 5.91 Å². The number of nitrogens with one attached hydrogen (secondary N) is 1. The van der Waals surface area contributed by atoms with Crippen molar-refractivity contribution in [2.45, 2.75) is 44.2 Å². The van der Waals surface area contributed by atoms with Gasteiger partial charge in [0.2, 0.25) is 0 Å². The summed E-state index contributed by atoms with van der Waals surface area (Å²) in [6.45, 7) is 0. The molecule has 0 radical (unpaired) electrons. The van der Waals surface area contributed by atoms with Gasteiger partial charge in [0, 0.05) is 18.2 Å². The van der Waals surface area contributed by atoms with Crippen molar-refractivity contribution in [3.8, 4) is 10.6 Å². The Morgan fingerprint density at radius 3 is 2.75 bits per heavy atom. The molecule has 2 aromatic rings. The SMILES string of the molecule is Cl.NC1CC2CCCC(C1)C2NC(=O)c1cc(-c2cccs2)on1. The number of hydrogen-bond donors (Lipinski definition) is 2. The first-order valence-corrected chi connectivity index (χ1v) is 9.15. The molecule has 7 heteroatoms. The lowest BCUT2D eigenvalue weighted by atomic mass is 9.67. The second-order valence-electron chi connectivity index (χ2n) is 6.74. The number of hydrogen-bond acceptors (Lipinski definition) is 5. The van der Waals surface area contributed by atoms with Gasteiger partial charge in [-0.05, 0) is 49.0 Å².